The van der Waals surface area contributed by atoms with Gasteiger partial charge in [-0.15, -0.1) is 23.5 Å². The minimum atomic E-state index is -0.115. The second-order valence-electron chi connectivity index (χ2n) is 5.50. The van der Waals surface area contributed by atoms with Gasteiger partial charge in [0.05, 0.1) is 17.6 Å². The molecule has 2 aromatic carbocycles. The van der Waals surface area contributed by atoms with E-state index in [0.29, 0.717) is 4.58 Å². The number of benzene rings is 2. The molecule has 1 atom stereocenters. The van der Waals surface area contributed by atoms with Gasteiger partial charge in [-0.05, 0) is 29.8 Å². The van der Waals surface area contributed by atoms with Crippen LogP contribution >= 0.6 is 23.5 Å². The topological polar surface area (TPSA) is 26.3 Å². The summed E-state index contributed by atoms with van der Waals surface area (Å²) in [6.45, 7) is 0. The molecule has 3 rings (SSSR count). The first kappa shape index (κ1) is 17.2. The molecule has 1 saturated heterocycles. The van der Waals surface area contributed by atoms with E-state index in [9.17, 15) is 4.79 Å². The van der Waals surface area contributed by atoms with Crippen LogP contribution in [-0.4, -0.2) is 29.0 Å². The fraction of sp³-hybridized carbons (Fsp3) is 0.250. The summed E-state index contributed by atoms with van der Waals surface area (Å²) in [5.74, 6) is 3.06. The van der Waals surface area contributed by atoms with Crippen molar-refractivity contribution in [3.05, 3.63) is 71.8 Å². The number of allylic oxidation sites excluding steroid dienone is 1. The first-order valence-electron chi connectivity index (χ1n) is 7.92. The molecule has 0 bridgehead atoms. The van der Waals surface area contributed by atoms with Crippen LogP contribution in [0.3, 0.4) is 0 Å². The van der Waals surface area contributed by atoms with Crippen LogP contribution in [0.15, 0.2) is 60.7 Å². The van der Waals surface area contributed by atoms with E-state index in [1.165, 1.54) is 0 Å². The average Bonchev–Trinajstić information content (AvgIpc) is 3.17. The SMILES string of the molecule is COc1ccc(C(=O)C(/C=C/c2ccccc2)C2SCCS2)cc1. The maximum Gasteiger partial charge on any atom is 0.171 e. The molecule has 0 aromatic heterocycles. The van der Waals surface area contributed by atoms with Crippen LogP contribution in [0.2, 0.25) is 0 Å². The summed E-state index contributed by atoms with van der Waals surface area (Å²) in [5.41, 5.74) is 1.87. The van der Waals surface area contributed by atoms with Crippen LogP contribution < -0.4 is 4.74 Å². The van der Waals surface area contributed by atoms with E-state index >= 15 is 0 Å². The zero-order chi connectivity index (χ0) is 16.8. The van der Waals surface area contributed by atoms with E-state index in [-0.39, 0.29) is 11.7 Å². The summed E-state index contributed by atoms with van der Waals surface area (Å²) in [4.78, 5) is 13.0. The number of Topliss-reactive ketones (excluding diaryl/α,β-unsaturated/α-hetero) is 1. The van der Waals surface area contributed by atoms with Gasteiger partial charge in [0.25, 0.3) is 0 Å². The van der Waals surface area contributed by atoms with Gasteiger partial charge >= 0.3 is 0 Å². The Hall–Kier alpha value is -1.65. The predicted molar refractivity (Wildman–Crippen MR) is 105 cm³/mol. The Bertz CT molecular complexity index is 689. The Morgan fingerprint density at radius 2 is 1.75 bits per heavy atom. The summed E-state index contributed by atoms with van der Waals surface area (Å²) in [7, 11) is 1.63. The van der Waals surface area contributed by atoms with Crippen LogP contribution in [-0.2, 0) is 0 Å². The monoisotopic (exact) mass is 356 g/mol. The van der Waals surface area contributed by atoms with Crippen molar-refractivity contribution in [3.8, 4) is 5.75 Å². The molecule has 0 radical (unpaired) electrons. The lowest BCUT2D eigenvalue weighted by molar-refractivity contribution is 0.0952. The van der Waals surface area contributed by atoms with E-state index in [4.69, 9.17) is 4.74 Å². The second kappa shape index (κ2) is 8.45. The molecular formula is C20H20O2S2. The van der Waals surface area contributed by atoms with Gasteiger partial charge in [-0.2, -0.15) is 0 Å². The van der Waals surface area contributed by atoms with E-state index in [2.05, 4.69) is 24.3 Å². The molecule has 0 aliphatic carbocycles. The van der Waals surface area contributed by atoms with E-state index in [0.717, 1.165) is 28.4 Å². The maximum atomic E-state index is 13.0. The number of carbonyl (C=O) groups excluding carboxylic acids is 1. The summed E-state index contributed by atoms with van der Waals surface area (Å²) in [6, 6.07) is 17.5. The number of carbonyl (C=O) groups is 1. The fourth-order valence-corrected chi connectivity index (χ4v) is 5.65. The number of rotatable bonds is 6. The number of thioether (sulfide) groups is 2. The van der Waals surface area contributed by atoms with E-state index < -0.39 is 0 Å². The van der Waals surface area contributed by atoms with Crippen molar-refractivity contribution in [1.82, 2.24) is 0 Å². The van der Waals surface area contributed by atoms with Crippen molar-refractivity contribution >= 4 is 35.4 Å². The van der Waals surface area contributed by atoms with Crippen molar-refractivity contribution in [2.24, 2.45) is 5.92 Å². The first-order chi connectivity index (χ1) is 11.8. The van der Waals surface area contributed by atoms with Gasteiger partial charge in [0.1, 0.15) is 5.75 Å². The molecule has 24 heavy (non-hydrogen) atoms. The normalized spacial score (nSPS) is 16.4. The third kappa shape index (κ3) is 4.25. The van der Waals surface area contributed by atoms with Gasteiger partial charge in [0.2, 0.25) is 0 Å². The van der Waals surface area contributed by atoms with Crippen molar-refractivity contribution in [3.63, 3.8) is 0 Å². The third-order valence-corrected chi connectivity index (χ3v) is 7.11. The molecular weight excluding hydrogens is 336 g/mol. The number of hydrogen-bond acceptors (Lipinski definition) is 4. The average molecular weight is 357 g/mol. The largest absolute Gasteiger partial charge is 0.497 e. The Morgan fingerprint density at radius 1 is 1.08 bits per heavy atom. The third-order valence-electron chi connectivity index (χ3n) is 3.91. The van der Waals surface area contributed by atoms with Crippen molar-refractivity contribution in [2.75, 3.05) is 18.6 Å². The molecule has 4 heteroatoms. The molecule has 0 saturated carbocycles. The van der Waals surface area contributed by atoms with Gasteiger partial charge in [-0.25, -0.2) is 0 Å². The molecule has 1 aliphatic rings. The zero-order valence-electron chi connectivity index (χ0n) is 13.6. The Balaban J connectivity index is 1.83. The molecule has 1 fully saturated rings. The van der Waals surface area contributed by atoms with E-state index in [1.807, 2.05) is 66.0 Å². The highest BCUT2D eigenvalue weighted by Crippen LogP contribution is 2.39. The molecule has 2 nitrogen and oxygen atoms in total. The second-order valence-corrected chi connectivity index (χ2v) is 8.30. The molecule has 1 heterocycles. The number of ether oxygens (including phenoxy) is 1. The first-order valence-corrected chi connectivity index (χ1v) is 10.0. The summed E-state index contributed by atoms with van der Waals surface area (Å²) in [6.07, 6.45) is 4.13. The minimum Gasteiger partial charge on any atom is -0.497 e. The lowest BCUT2D eigenvalue weighted by atomic mass is 9.97. The Labute approximate surface area is 151 Å². The van der Waals surface area contributed by atoms with Crippen LogP contribution in [0.25, 0.3) is 6.08 Å². The highest BCUT2D eigenvalue weighted by Gasteiger charge is 2.30. The lowest BCUT2D eigenvalue weighted by Gasteiger charge is -2.18. The molecule has 2 aromatic rings. The van der Waals surface area contributed by atoms with Crippen LogP contribution in [0.5, 0.6) is 5.75 Å². The number of ketones is 1. The van der Waals surface area contributed by atoms with E-state index in [1.54, 1.807) is 7.11 Å². The van der Waals surface area contributed by atoms with Crippen LogP contribution in [0.1, 0.15) is 15.9 Å². The molecule has 1 unspecified atom stereocenters. The predicted octanol–water partition coefficient (Wildman–Crippen LogP) is 5.01. The zero-order valence-corrected chi connectivity index (χ0v) is 15.2. The van der Waals surface area contributed by atoms with Gasteiger partial charge in [0.15, 0.2) is 5.78 Å². The number of hydrogen-bond donors (Lipinski definition) is 0. The summed E-state index contributed by atoms with van der Waals surface area (Å²) in [5, 5.41) is 0. The Morgan fingerprint density at radius 3 is 2.38 bits per heavy atom. The van der Waals surface area contributed by atoms with Crippen molar-refractivity contribution in [2.45, 2.75) is 4.58 Å². The van der Waals surface area contributed by atoms with Crippen molar-refractivity contribution in [1.29, 1.82) is 0 Å². The van der Waals surface area contributed by atoms with Gasteiger partial charge in [-0.1, -0.05) is 42.5 Å². The van der Waals surface area contributed by atoms with Crippen molar-refractivity contribution < 1.29 is 9.53 Å². The van der Waals surface area contributed by atoms with Gasteiger partial charge < -0.3 is 4.74 Å². The molecule has 0 N–H and O–H groups in total. The molecule has 124 valence electrons. The number of methoxy groups -OCH3 is 1. The lowest BCUT2D eigenvalue weighted by Crippen LogP contribution is -2.20. The van der Waals surface area contributed by atoms with Crippen LogP contribution in [0.4, 0.5) is 0 Å². The summed E-state index contributed by atoms with van der Waals surface area (Å²) < 4.78 is 5.47. The van der Waals surface area contributed by atoms with Gasteiger partial charge in [-0.3, -0.25) is 4.79 Å². The van der Waals surface area contributed by atoms with Crippen LogP contribution in [0, 0.1) is 5.92 Å². The highest BCUT2D eigenvalue weighted by atomic mass is 32.2. The quantitative estimate of drug-likeness (QED) is 0.679. The Kier molecular flexibility index (Phi) is 6.05. The van der Waals surface area contributed by atoms with Gasteiger partial charge in [0, 0.05) is 17.1 Å². The molecule has 1 aliphatic heterocycles. The molecule has 0 spiro atoms. The highest BCUT2D eigenvalue weighted by molar-refractivity contribution is 8.20. The smallest absolute Gasteiger partial charge is 0.171 e. The molecule has 0 amide bonds. The maximum absolute atomic E-state index is 13.0. The fourth-order valence-electron chi connectivity index (χ4n) is 2.61. The minimum absolute atomic E-state index is 0.115. The standard InChI is InChI=1S/C20H20O2S2/c1-22-17-10-8-16(9-11-17)19(21)18(20-23-13-14-24-20)12-7-15-5-3-2-4-6-15/h2-12,18,20H,13-14H2,1H3/b12-7+. The summed E-state index contributed by atoms with van der Waals surface area (Å²) >= 11 is 3.76.